The highest BCUT2D eigenvalue weighted by atomic mass is 16.5. The molecule has 1 unspecified atom stereocenters. The molecule has 0 aromatic heterocycles. The van der Waals surface area contributed by atoms with Crippen LogP contribution in [0.15, 0.2) is 0 Å². The highest BCUT2D eigenvalue weighted by molar-refractivity contribution is 4.79. The van der Waals surface area contributed by atoms with E-state index in [1.807, 2.05) is 0 Å². The number of methoxy groups -OCH3 is 1. The minimum Gasteiger partial charge on any atom is -0.379 e. The molecule has 0 saturated carbocycles. The Bertz CT molecular complexity index is 182. The zero-order valence-electron chi connectivity index (χ0n) is 12.3. The van der Waals surface area contributed by atoms with Crippen LogP contribution in [0.2, 0.25) is 0 Å². The van der Waals surface area contributed by atoms with Gasteiger partial charge in [0.05, 0.1) is 5.60 Å². The zero-order valence-corrected chi connectivity index (χ0v) is 12.3. The fourth-order valence-electron chi connectivity index (χ4n) is 1.85. The van der Waals surface area contributed by atoms with Crippen molar-refractivity contribution in [2.45, 2.75) is 72.4 Å². The Morgan fingerprint density at radius 1 is 1.12 bits per heavy atom. The van der Waals surface area contributed by atoms with Gasteiger partial charge in [0.25, 0.3) is 0 Å². The van der Waals surface area contributed by atoms with Gasteiger partial charge >= 0.3 is 0 Å². The molecule has 0 aromatic rings. The SMILES string of the molecule is CCNC(CCC(C)(C)C)CC(C)(C)OC. The first-order valence-electron chi connectivity index (χ1n) is 6.49. The molecule has 0 rings (SSSR count). The number of rotatable bonds is 7. The topological polar surface area (TPSA) is 21.3 Å². The molecule has 0 fully saturated rings. The predicted octanol–water partition coefficient (Wildman–Crippen LogP) is 3.61. The first-order valence-corrected chi connectivity index (χ1v) is 6.49. The predicted molar refractivity (Wildman–Crippen MR) is 71.9 cm³/mol. The van der Waals surface area contributed by atoms with Crippen molar-refractivity contribution in [3.63, 3.8) is 0 Å². The van der Waals surface area contributed by atoms with Crippen molar-refractivity contribution in [3.05, 3.63) is 0 Å². The Kier molecular flexibility index (Phi) is 6.57. The van der Waals surface area contributed by atoms with E-state index in [2.05, 4.69) is 46.9 Å². The Balaban J connectivity index is 4.17. The van der Waals surface area contributed by atoms with Crippen LogP contribution in [0.25, 0.3) is 0 Å². The second-order valence-electron chi connectivity index (χ2n) is 6.52. The summed E-state index contributed by atoms with van der Waals surface area (Å²) in [5.74, 6) is 0. The molecular formula is C14H31NO. The molecule has 98 valence electrons. The molecule has 0 aliphatic heterocycles. The van der Waals surface area contributed by atoms with Crippen molar-refractivity contribution in [3.8, 4) is 0 Å². The van der Waals surface area contributed by atoms with Gasteiger partial charge in [-0.05, 0) is 45.1 Å². The van der Waals surface area contributed by atoms with Crippen LogP contribution < -0.4 is 5.32 Å². The Labute approximate surface area is 102 Å². The van der Waals surface area contributed by atoms with Gasteiger partial charge in [0.2, 0.25) is 0 Å². The third kappa shape index (κ3) is 8.12. The summed E-state index contributed by atoms with van der Waals surface area (Å²) in [5.41, 5.74) is 0.398. The van der Waals surface area contributed by atoms with E-state index in [0.717, 1.165) is 13.0 Å². The van der Waals surface area contributed by atoms with Gasteiger partial charge in [-0.1, -0.05) is 27.7 Å². The second-order valence-corrected chi connectivity index (χ2v) is 6.52. The van der Waals surface area contributed by atoms with Crippen molar-refractivity contribution >= 4 is 0 Å². The smallest absolute Gasteiger partial charge is 0.0637 e. The average molecular weight is 229 g/mol. The summed E-state index contributed by atoms with van der Waals surface area (Å²) < 4.78 is 5.51. The van der Waals surface area contributed by atoms with Crippen LogP contribution in [-0.2, 0) is 4.74 Å². The van der Waals surface area contributed by atoms with Gasteiger partial charge in [-0.3, -0.25) is 0 Å². The molecule has 0 spiro atoms. The fourth-order valence-corrected chi connectivity index (χ4v) is 1.85. The lowest BCUT2D eigenvalue weighted by atomic mass is 9.86. The Morgan fingerprint density at radius 2 is 1.69 bits per heavy atom. The third-order valence-corrected chi connectivity index (χ3v) is 3.03. The van der Waals surface area contributed by atoms with Gasteiger partial charge in [-0.25, -0.2) is 0 Å². The van der Waals surface area contributed by atoms with Gasteiger partial charge in [-0.2, -0.15) is 0 Å². The molecule has 0 heterocycles. The monoisotopic (exact) mass is 229 g/mol. The molecule has 1 N–H and O–H groups in total. The molecule has 0 aliphatic carbocycles. The maximum atomic E-state index is 5.51. The fraction of sp³-hybridized carbons (Fsp3) is 1.00. The number of nitrogens with one attached hydrogen (secondary N) is 1. The van der Waals surface area contributed by atoms with E-state index in [0.29, 0.717) is 11.5 Å². The Hall–Kier alpha value is -0.0800. The first kappa shape index (κ1) is 15.9. The summed E-state index contributed by atoms with van der Waals surface area (Å²) in [6, 6.07) is 0.569. The maximum Gasteiger partial charge on any atom is 0.0637 e. The molecule has 0 amide bonds. The van der Waals surface area contributed by atoms with Crippen LogP contribution in [0, 0.1) is 5.41 Å². The molecular weight excluding hydrogens is 198 g/mol. The normalized spacial score (nSPS) is 15.2. The summed E-state index contributed by atoms with van der Waals surface area (Å²) in [6.07, 6.45) is 3.56. The lowest BCUT2D eigenvalue weighted by molar-refractivity contribution is 0.00566. The molecule has 0 radical (unpaired) electrons. The van der Waals surface area contributed by atoms with Gasteiger partial charge in [0.15, 0.2) is 0 Å². The van der Waals surface area contributed by atoms with Crippen molar-refractivity contribution in [2.24, 2.45) is 5.41 Å². The summed E-state index contributed by atoms with van der Waals surface area (Å²) in [5, 5.41) is 3.57. The standard InChI is InChI=1S/C14H31NO/c1-8-15-12(9-10-13(2,3)4)11-14(5,6)16-7/h12,15H,8-11H2,1-7H3. The largest absolute Gasteiger partial charge is 0.379 e. The van der Waals surface area contributed by atoms with E-state index in [9.17, 15) is 0 Å². The van der Waals surface area contributed by atoms with Crippen molar-refractivity contribution < 1.29 is 4.74 Å². The van der Waals surface area contributed by atoms with Gasteiger partial charge < -0.3 is 10.1 Å². The summed E-state index contributed by atoms with van der Waals surface area (Å²) in [6.45, 7) is 14.4. The highest BCUT2D eigenvalue weighted by Gasteiger charge is 2.23. The minimum atomic E-state index is -0.0231. The number of hydrogen-bond acceptors (Lipinski definition) is 2. The van der Waals surface area contributed by atoms with Crippen molar-refractivity contribution in [1.29, 1.82) is 0 Å². The van der Waals surface area contributed by atoms with Crippen LogP contribution in [-0.4, -0.2) is 25.3 Å². The molecule has 0 saturated heterocycles. The van der Waals surface area contributed by atoms with E-state index < -0.39 is 0 Å². The molecule has 0 aromatic carbocycles. The summed E-state index contributed by atoms with van der Waals surface area (Å²) >= 11 is 0. The van der Waals surface area contributed by atoms with Crippen LogP contribution in [0.3, 0.4) is 0 Å². The van der Waals surface area contributed by atoms with Crippen LogP contribution in [0.4, 0.5) is 0 Å². The number of hydrogen-bond donors (Lipinski definition) is 1. The molecule has 16 heavy (non-hydrogen) atoms. The van der Waals surface area contributed by atoms with Crippen molar-refractivity contribution in [2.75, 3.05) is 13.7 Å². The highest BCUT2D eigenvalue weighted by Crippen LogP contribution is 2.25. The van der Waals surface area contributed by atoms with Gasteiger partial charge in [0.1, 0.15) is 0 Å². The lowest BCUT2D eigenvalue weighted by Gasteiger charge is -2.30. The van der Waals surface area contributed by atoms with Crippen molar-refractivity contribution in [1.82, 2.24) is 5.32 Å². The summed E-state index contributed by atoms with van der Waals surface area (Å²) in [7, 11) is 1.80. The molecule has 2 heteroatoms. The molecule has 1 atom stereocenters. The van der Waals surface area contributed by atoms with Crippen LogP contribution in [0.1, 0.15) is 60.8 Å². The lowest BCUT2D eigenvalue weighted by Crippen LogP contribution is -2.38. The summed E-state index contributed by atoms with van der Waals surface area (Å²) in [4.78, 5) is 0. The average Bonchev–Trinajstić information content (AvgIpc) is 2.13. The quantitative estimate of drug-likeness (QED) is 0.720. The van der Waals surface area contributed by atoms with E-state index in [4.69, 9.17) is 4.74 Å². The molecule has 0 bridgehead atoms. The number of ether oxygens (including phenoxy) is 1. The first-order chi connectivity index (χ1) is 7.20. The zero-order chi connectivity index (χ0) is 12.8. The molecule has 2 nitrogen and oxygen atoms in total. The third-order valence-electron chi connectivity index (χ3n) is 3.03. The van der Waals surface area contributed by atoms with Gasteiger partial charge in [0, 0.05) is 13.2 Å². The van der Waals surface area contributed by atoms with E-state index in [1.54, 1.807) is 7.11 Å². The van der Waals surface area contributed by atoms with Gasteiger partial charge in [-0.15, -0.1) is 0 Å². The maximum absolute atomic E-state index is 5.51. The second kappa shape index (κ2) is 6.61. The molecule has 0 aliphatic rings. The van der Waals surface area contributed by atoms with Crippen LogP contribution in [0.5, 0.6) is 0 Å². The van der Waals surface area contributed by atoms with Crippen LogP contribution >= 0.6 is 0 Å². The minimum absolute atomic E-state index is 0.0231. The van der Waals surface area contributed by atoms with E-state index >= 15 is 0 Å². The Morgan fingerprint density at radius 3 is 2.06 bits per heavy atom. The van der Waals surface area contributed by atoms with E-state index in [-0.39, 0.29) is 5.60 Å². The van der Waals surface area contributed by atoms with E-state index in [1.165, 1.54) is 12.8 Å².